The van der Waals surface area contributed by atoms with Crippen molar-refractivity contribution in [1.82, 2.24) is 5.43 Å². The molecule has 0 amide bonds. The van der Waals surface area contributed by atoms with Gasteiger partial charge in [-0.05, 0) is 41.0 Å². The molecule has 0 saturated carbocycles. The highest BCUT2D eigenvalue weighted by molar-refractivity contribution is 7.80. The first-order valence-electron chi connectivity index (χ1n) is 6.09. The topological polar surface area (TPSA) is 87.7 Å². The number of nitrogens with one attached hydrogen (secondary N) is 1. The van der Waals surface area contributed by atoms with Crippen molar-refractivity contribution in [3.63, 3.8) is 0 Å². The van der Waals surface area contributed by atoms with Crippen LogP contribution in [0.25, 0.3) is 11.1 Å². The molecule has 0 aliphatic rings. The molecule has 0 aromatic heterocycles. The van der Waals surface area contributed by atoms with Crippen LogP contribution >= 0.6 is 12.2 Å². The average molecular weight is 299 g/mol. The van der Waals surface area contributed by atoms with E-state index in [-0.39, 0.29) is 10.7 Å². The Labute approximate surface area is 127 Å². The third-order valence-corrected chi connectivity index (χ3v) is 2.83. The highest BCUT2D eigenvalue weighted by atomic mass is 32.1. The number of carboxylic acids is 1. The Balaban J connectivity index is 2.36. The molecule has 21 heavy (non-hydrogen) atoms. The van der Waals surface area contributed by atoms with Crippen molar-refractivity contribution in [2.45, 2.75) is 0 Å². The van der Waals surface area contributed by atoms with Crippen LogP contribution in [-0.4, -0.2) is 22.4 Å². The van der Waals surface area contributed by atoms with E-state index in [4.69, 9.17) is 5.73 Å². The Hall–Kier alpha value is -2.73. The van der Waals surface area contributed by atoms with Gasteiger partial charge < -0.3 is 10.8 Å². The van der Waals surface area contributed by atoms with E-state index in [1.54, 1.807) is 30.5 Å². The fourth-order valence-corrected chi connectivity index (χ4v) is 1.93. The molecule has 0 fully saturated rings. The highest BCUT2D eigenvalue weighted by Gasteiger charge is 2.10. The largest absolute Gasteiger partial charge is 0.478 e. The number of hydrogen-bond donors (Lipinski definition) is 3. The maximum Gasteiger partial charge on any atom is 0.336 e. The van der Waals surface area contributed by atoms with Gasteiger partial charge in [-0.1, -0.05) is 36.4 Å². The summed E-state index contributed by atoms with van der Waals surface area (Å²) < 4.78 is 0. The minimum absolute atomic E-state index is 0.0821. The highest BCUT2D eigenvalue weighted by Crippen LogP contribution is 2.24. The van der Waals surface area contributed by atoms with Crippen LogP contribution in [0.15, 0.2) is 53.6 Å². The van der Waals surface area contributed by atoms with Gasteiger partial charge in [0, 0.05) is 0 Å². The van der Waals surface area contributed by atoms with Crippen LogP contribution in [0.4, 0.5) is 0 Å². The molecule has 0 aliphatic heterocycles. The number of hydrazone groups is 1. The molecule has 0 unspecified atom stereocenters. The van der Waals surface area contributed by atoms with Gasteiger partial charge in [-0.25, -0.2) is 4.79 Å². The summed E-state index contributed by atoms with van der Waals surface area (Å²) in [5, 5.41) is 13.2. The summed E-state index contributed by atoms with van der Waals surface area (Å²) in [5.74, 6) is -0.959. The second kappa shape index (κ2) is 6.62. The molecular weight excluding hydrogens is 286 g/mol. The Bertz CT molecular complexity index is 714. The number of thiocarbonyl (C=S) groups is 1. The first kappa shape index (κ1) is 14.7. The van der Waals surface area contributed by atoms with Gasteiger partial charge in [0.05, 0.1) is 11.8 Å². The lowest BCUT2D eigenvalue weighted by Gasteiger charge is -2.06. The van der Waals surface area contributed by atoms with E-state index in [2.05, 4.69) is 22.7 Å². The number of aromatic carboxylic acids is 1. The molecule has 0 radical (unpaired) electrons. The standard InChI is InChI=1S/C15H13N3O2S/c16-15(21)18-17-9-10-4-3-5-11(8-10)12-6-1-2-7-13(12)14(19)20/h1-9H,(H,19,20)(H3,16,18,21). The van der Waals surface area contributed by atoms with Crippen molar-refractivity contribution in [1.29, 1.82) is 0 Å². The van der Waals surface area contributed by atoms with Gasteiger partial charge in [0.1, 0.15) is 0 Å². The monoisotopic (exact) mass is 299 g/mol. The van der Waals surface area contributed by atoms with E-state index in [9.17, 15) is 9.90 Å². The zero-order valence-corrected chi connectivity index (χ0v) is 11.8. The third kappa shape index (κ3) is 3.87. The Kier molecular flexibility index (Phi) is 4.63. The minimum atomic E-state index is -0.959. The van der Waals surface area contributed by atoms with Gasteiger partial charge in [-0.15, -0.1) is 0 Å². The molecular formula is C15H13N3O2S. The van der Waals surface area contributed by atoms with Crippen LogP contribution in [-0.2, 0) is 0 Å². The van der Waals surface area contributed by atoms with Crippen molar-refractivity contribution >= 4 is 29.5 Å². The van der Waals surface area contributed by atoms with Gasteiger partial charge >= 0.3 is 5.97 Å². The smallest absolute Gasteiger partial charge is 0.336 e. The van der Waals surface area contributed by atoms with Crippen LogP contribution in [0.5, 0.6) is 0 Å². The van der Waals surface area contributed by atoms with Crippen LogP contribution in [0.2, 0.25) is 0 Å². The summed E-state index contributed by atoms with van der Waals surface area (Å²) in [6.07, 6.45) is 1.56. The fraction of sp³-hybridized carbons (Fsp3) is 0. The number of hydrogen-bond acceptors (Lipinski definition) is 3. The van der Waals surface area contributed by atoms with E-state index in [0.29, 0.717) is 5.56 Å². The molecule has 0 spiro atoms. The van der Waals surface area contributed by atoms with Crippen molar-refractivity contribution in [2.75, 3.05) is 0 Å². The average Bonchev–Trinajstić information content (AvgIpc) is 2.47. The number of benzene rings is 2. The maximum atomic E-state index is 11.3. The lowest BCUT2D eigenvalue weighted by Crippen LogP contribution is -2.23. The third-order valence-electron chi connectivity index (χ3n) is 2.74. The van der Waals surface area contributed by atoms with Gasteiger partial charge in [-0.2, -0.15) is 5.10 Å². The van der Waals surface area contributed by atoms with Gasteiger partial charge in [0.15, 0.2) is 5.11 Å². The zero-order chi connectivity index (χ0) is 15.2. The number of nitrogens with zero attached hydrogens (tertiary/aromatic N) is 1. The lowest BCUT2D eigenvalue weighted by molar-refractivity contribution is 0.0697. The van der Waals surface area contributed by atoms with E-state index < -0.39 is 5.97 Å². The maximum absolute atomic E-state index is 11.3. The summed E-state index contributed by atoms with van der Waals surface area (Å²) in [6, 6.07) is 14.2. The molecule has 0 atom stereocenters. The summed E-state index contributed by atoms with van der Waals surface area (Å²) in [7, 11) is 0. The molecule has 4 N–H and O–H groups in total. The molecule has 2 aromatic carbocycles. The second-order valence-electron chi connectivity index (χ2n) is 4.21. The molecule has 0 aliphatic carbocycles. The predicted octanol–water partition coefficient (Wildman–Crippen LogP) is 2.22. The first-order chi connectivity index (χ1) is 10.1. The zero-order valence-electron chi connectivity index (χ0n) is 11.0. The van der Waals surface area contributed by atoms with Crippen molar-refractivity contribution in [3.05, 3.63) is 59.7 Å². The van der Waals surface area contributed by atoms with Crippen molar-refractivity contribution < 1.29 is 9.90 Å². The van der Waals surface area contributed by atoms with Gasteiger partial charge in [0.25, 0.3) is 0 Å². The first-order valence-corrected chi connectivity index (χ1v) is 6.50. The lowest BCUT2D eigenvalue weighted by atomic mass is 9.98. The van der Waals surface area contributed by atoms with Crippen LogP contribution in [0, 0.1) is 0 Å². The van der Waals surface area contributed by atoms with E-state index in [1.165, 1.54) is 0 Å². The van der Waals surface area contributed by atoms with E-state index in [0.717, 1.165) is 11.1 Å². The molecule has 0 bridgehead atoms. The molecule has 6 heteroatoms. The van der Waals surface area contributed by atoms with Gasteiger partial charge in [0.2, 0.25) is 0 Å². The number of rotatable bonds is 4. The van der Waals surface area contributed by atoms with Crippen molar-refractivity contribution in [3.8, 4) is 11.1 Å². The molecule has 0 saturated heterocycles. The number of nitrogens with two attached hydrogens (primary N) is 1. The Morgan fingerprint density at radius 1 is 1.24 bits per heavy atom. The van der Waals surface area contributed by atoms with Crippen LogP contribution < -0.4 is 11.2 Å². The molecule has 2 rings (SSSR count). The Morgan fingerprint density at radius 2 is 2.00 bits per heavy atom. The van der Waals surface area contributed by atoms with E-state index >= 15 is 0 Å². The number of carbonyl (C=O) groups is 1. The summed E-state index contributed by atoms with van der Waals surface area (Å²) in [4.78, 5) is 11.3. The van der Waals surface area contributed by atoms with Crippen LogP contribution in [0.1, 0.15) is 15.9 Å². The predicted molar refractivity (Wildman–Crippen MR) is 86.4 cm³/mol. The van der Waals surface area contributed by atoms with Gasteiger partial charge in [-0.3, -0.25) is 5.43 Å². The molecule has 106 valence electrons. The molecule has 5 nitrogen and oxygen atoms in total. The van der Waals surface area contributed by atoms with E-state index in [1.807, 2.05) is 24.3 Å². The normalized spacial score (nSPS) is 10.5. The summed E-state index contributed by atoms with van der Waals surface area (Å²) in [5.41, 5.74) is 10.3. The fourth-order valence-electron chi connectivity index (χ4n) is 1.88. The van der Waals surface area contributed by atoms with Crippen molar-refractivity contribution in [2.24, 2.45) is 10.8 Å². The second-order valence-corrected chi connectivity index (χ2v) is 4.65. The minimum Gasteiger partial charge on any atom is -0.478 e. The van der Waals surface area contributed by atoms with Crippen LogP contribution in [0.3, 0.4) is 0 Å². The quantitative estimate of drug-likeness (QED) is 0.458. The SMILES string of the molecule is NC(=S)NN=Cc1cccc(-c2ccccc2C(=O)O)c1. The summed E-state index contributed by atoms with van der Waals surface area (Å²) in [6.45, 7) is 0. The molecule has 0 heterocycles. The number of carboxylic acid groups (broad SMARTS) is 1. The molecule has 2 aromatic rings. The Morgan fingerprint density at radius 3 is 2.71 bits per heavy atom. The summed E-state index contributed by atoms with van der Waals surface area (Å²) >= 11 is 4.65.